The van der Waals surface area contributed by atoms with Crippen molar-refractivity contribution in [1.29, 1.82) is 0 Å². The van der Waals surface area contributed by atoms with Gasteiger partial charge in [0.05, 0.1) is 11.0 Å². The Balaban J connectivity index is 1.07. The van der Waals surface area contributed by atoms with Crippen molar-refractivity contribution in [3.05, 3.63) is 194 Å². The molecule has 0 saturated carbocycles. The van der Waals surface area contributed by atoms with E-state index in [0.717, 1.165) is 28.1 Å². The molecule has 0 unspecified atom stereocenters. The maximum atomic E-state index is 3.27. The van der Waals surface area contributed by atoms with Crippen molar-refractivity contribution < 1.29 is 0 Å². The van der Waals surface area contributed by atoms with E-state index in [9.17, 15) is 0 Å². The van der Waals surface area contributed by atoms with Crippen LogP contribution in [0.5, 0.6) is 0 Å². The summed E-state index contributed by atoms with van der Waals surface area (Å²) in [5.74, 6) is 0. The SMILES string of the molecule is c1ccc2c(-c3ccc(N(c4ccc(-n5c6ccccc6c6cc7ccccc7cc65)cc4)c4ccc5sc6ccccc6c5c4)cc3)cccc2c#1. The van der Waals surface area contributed by atoms with Crippen LogP contribution in [0.25, 0.3) is 80.3 Å². The summed E-state index contributed by atoms with van der Waals surface area (Å²) in [5, 5.41) is 9.86. The molecule has 0 amide bonds. The van der Waals surface area contributed by atoms with Gasteiger partial charge in [-0.3, -0.25) is 0 Å². The second-order valence-electron chi connectivity index (χ2n) is 13.6. The smallest absolute Gasteiger partial charge is 0.0547 e. The van der Waals surface area contributed by atoms with Crippen LogP contribution in [-0.4, -0.2) is 4.57 Å². The molecule has 0 bridgehead atoms. The number of benzene rings is 8. The van der Waals surface area contributed by atoms with Crippen LogP contribution in [0.4, 0.5) is 17.1 Å². The summed E-state index contributed by atoms with van der Waals surface area (Å²) in [6.07, 6.45) is 0. The highest BCUT2D eigenvalue weighted by molar-refractivity contribution is 7.25. The number of anilines is 3. The summed E-state index contributed by atoms with van der Waals surface area (Å²) < 4.78 is 5.01. The van der Waals surface area contributed by atoms with Gasteiger partial charge in [-0.05, 0) is 124 Å². The zero-order valence-corrected chi connectivity index (χ0v) is 29.4. The van der Waals surface area contributed by atoms with Gasteiger partial charge in [0.1, 0.15) is 0 Å². The molecule has 11 aromatic rings. The fourth-order valence-electron chi connectivity index (χ4n) is 8.12. The summed E-state index contributed by atoms with van der Waals surface area (Å²) in [4.78, 5) is 2.38. The Bertz CT molecular complexity index is 3160. The second kappa shape index (κ2) is 11.9. The average Bonchev–Trinajstić information content (AvgIpc) is 3.75. The van der Waals surface area contributed by atoms with Crippen molar-refractivity contribution in [3.63, 3.8) is 0 Å². The molecule has 9 aromatic carbocycles. The van der Waals surface area contributed by atoms with E-state index in [4.69, 9.17) is 0 Å². The lowest BCUT2D eigenvalue weighted by molar-refractivity contribution is 1.17. The number of fused-ring (bicyclic) bond motifs is 8. The highest BCUT2D eigenvalue weighted by Crippen LogP contribution is 2.42. The van der Waals surface area contributed by atoms with Crippen LogP contribution in [0.1, 0.15) is 0 Å². The fourth-order valence-corrected chi connectivity index (χ4v) is 9.21. The molecule has 2 aromatic heterocycles. The summed E-state index contributed by atoms with van der Waals surface area (Å²) in [6.45, 7) is 0. The molecule has 0 spiro atoms. The molecular weight excluding hydrogens is 661 g/mol. The predicted octanol–water partition coefficient (Wildman–Crippen LogP) is 14.2. The van der Waals surface area contributed by atoms with E-state index < -0.39 is 0 Å². The predicted molar refractivity (Wildman–Crippen MR) is 226 cm³/mol. The summed E-state index contributed by atoms with van der Waals surface area (Å²) >= 11 is 1.85. The molecule has 0 N–H and O–H groups in total. The molecule has 0 fully saturated rings. The summed E-state index contributed by atoms with van der Waals surface area (Å²) in [5.41, 5.74) is 9.24. The molecule has 0 atom stereocenters. The minimum Gasteiger partial charge on any atom is -0.310 e. The third kappa shape index (κ3) is 4.81. The first kappa shape index (κ1) is 29.8. The van der Waals surface area contributed by atoms with Crippen LogP contribution in [0.2, 0.25) is 0 Å². The molecule has 0 aliphatic heterocycles. The molecule has 0 aliphatic carbocycles. The summed E-state index contributed by atoms with van der Waals surface area (Å²) in [6, 6.07) is 72.5. The van der Waals surface area contributed by atoms with Crippen molar-refractivity contribution in [1.82, 2.24) is 4.57 Å². The lowest BCUT2D eigenvalue weighted by atomic mass is 9.99. The lowest BCUT2D eigenvalue weighted by Gasteiger charge is -2.26. The van der Waals surface area contributed by atoms with E-state index in [0.29, 0.717) is 0 Å². The number of hydrogen-bond acceptors (Lipinski definition) is 2. The minimum atomic E-state index is 1.07. The first-order chi connectivity index (χ1) is 26.3. The van der Waals surface area contributed by atoms with Gasteiger partial charge in [-0.1, -0.05) is 97.1 Å². The monoisotopic (exact) mass is 690 g/mol. The Hall–Kier alpha value is -6.86. The minimum absolute atomic E-state index is 1.07. The lowest BCUT2D eigenvalue weighted by Crippen LogP contribution is -2.10. The van der Waals surface area contributed by atoms with E-state index >= 15 is 0 Å². The zero-order chi connectivity index (χ0) is 34.9. The quantitative estimate of drug-likeness (QED) is 0.175. The number of aromatic nitrogens is 1. The third-order valence-corrected chi connectivity index (χ3v) is 11.8. The second-order valence-corrected chi connectivity index (χ2v) is 14.7. The van der Waals surface area contributed by atoms with Crippen molar-refractivity contribution in [2.45, 2.75) is 0 Å². The molecule has 0 aliphatic rings. The Morgan fingerprint density at radius 2 is 1.15 bits per heavy atom. The molecule has 53 heavy (non-hydrogen) atoms. The van der Waals surface area contributed by atoms with Gasteiger partial charge in [0.25, 0.3) is 0 Å². The number of hydrogen-bond donors (Lipinski definition) is 0. The number of rotatable bonds is 5. The topological polar surface area (TPSA) is 8.17 Å². The van der Waals surface area contributed by atoms with Crippen LogP contribution in [0.3, 0.4) is 0 Å². The molecule has 2 heterocycles. The Kier molecular flexibility index (Phi) is 6.67. The average molecular weight is 691 g/mol. The Morgan fingerprint density at radius 1 is 0.453 bits per heavy atom. The van der Waals surface area contributed by atoms with E-state index in [1.807, 2.05) is 17.4 Å². The highest BCUT2D eigenvalue weighted by Gasteiger charge is 2.18. The van der Waals surface area contributed by atoms with Gasteiger partial charge in [-0.2, -0.15) is 0 Å². The third-order valence-electron chi connectivity index (χ3n) is 10.6. The fraction of sp³-hybridized carbons (Fsp3) is 0. The summed E-state index contributed by atoms with van der Waals surface area (Å²) in [7, 11) is 0. The van der Waals surface area contributed by atoms with Crippen LogP contribution >= 0.6 is 11.3 Å². The maximum Gasteiger partial charge on any atom is 0.0547 e. The van der Waals surface area contributed by atoms with Crippen LogP contribution in [-0.2, 0) is 0 Å². The number of para-hydroxylation sites is 1. The van der Waals surface area contributed by atoms with Crippen LogP contribution in [0, 0.1) is 12.1 Å². The van der Waals surface area contributed by atoms with Gasteiger partial charge in [0, 0.05) is 59.1 Å². The van der Waals surface area contributed by atoms with Crippen LogP contribution < -0.4 is 4.90 Å². The molecule has 2 nitrogen and oxygen atoms in total. The van der Waals surface area contributed by atoms with E-state index in [1.54, 1.807) is 0 Å². The van der Waals surface area contributed by atoms with E-state index in [1.165, 1.54) is 69.3 Å². The maximum absolute atomic E-state index is 3.27. The van der Waals surface area contributed by atoms with Crippen molar-refractivity contribution in [2.24, 2.45) is 0 Å². The van der Waals surface area contributed by atoms with Crippen molar-refractivity contribution in [3.8, 4) is 16.8 Å². The molecule has 0 radical (unpaired) electrons. The van der Waals surface area contributed by atoms with Gasteiger partial charge < -0.3 is 9.47 Å². The van der Waals surface area contributed by atoms with Gasteiger partial charge in [-0.25, -0.2) is 0 Å². The first-order valence-corrected chi connectivity index (χ1v) is 18.7. The van der Waals surface area contributed by atoms with Crippen LogP contribution in [0.15, 0.2) is 182 Å². The van der Waals surface area contributed by atoms with Gasteiger partial charge >= 0.3 is 0 Å². The van der Waals surface area contributed by atoms with Crippen molar-refractivity contribution >= 4 is 91.9 Å². The molecule has 0 saturated heterocycles. The first-order valence-electron chi connectivity index (χ1n) is 17.9. The van der Waals surface area contributed by atoms with Gasteiger partial charge in [0.2, 0.25) is 0 Å². The number of thiophene rings is 1. The largest absolute Gasteiger partial charge is 0.310 e. The van der Waals surface area contributed by atoms with E-state index in [-0.39, 0.29) is 0 Å². The van der Waals surface area contributed by atoms with Crippen molar-refractivity contribution in [2.75, 3.05) is 4.90 Å². The Labute approximate surface area is 311 Å². The Morgan fingerprint density at radius 3 is 2.00 bits per heavy atom. The molecular formula is C50H30N2S. The number of nitrogens with zero attached hydrogens (tertiary/aromatic N) is 2. The molecule has 3 heteroatoms. The van der Waals surface area contributed by atoms with E-state index in [2.05, 4.69) is 198 Å². The molecule has 246 valence electrons. The van der Waals surface area contributed by atoms with Gasteiger partial charge in [0.15, 0.2) is 0 Å². The van der Waals surface area contributed by atoms with Gasteiger partial charge in [-0.15, -0.1) is 11.3 Å². The highest BCUT2D eigenvalue weighted by atomic mass is 32.1. The molecule has 11 rings (SSSR count). The zero-order valence-electron chi connectivity index (χ0n) is 28.6. The normalized spacial score (nSPS) is 11.6. The standard InChI is InChI=1S/C50H30N2S/c1-2-12-36-31-48-45(30-35(36)11-1)43-15-5-7-18-47(43)52(48)39-26-24-38(25-27-39)51(40-28-29-50-46(32-40)44-16-6-8-19-49(44)53-50)37-22-20-34(21-23-37)42-17-9-13-33-10-3-4-14-41(33)42/h1-2,4-9,11-32H.